The predicted octanol–water partition coefficient (Wildman–Crippen LogP) is 3.88. The summed E-state index contributed by atoms with van der Waals surface area (Å²) in [5.41, 5.74) is 0.553. The van der Waals surface area contributed by atoms with Crippen LogP contribution in [0.2, 0.25) is 0 Å². The molecule has 5 nitrogen and oxygen atoms in total. The summed E-state index contributed by atoms with van der Waals surface area (Å²) in [6, 6.07) is 9.29. The van der Waals surface area contributed by atoms with Crippen LogP contribution in [-0.4, -0.2) is 31.1 Å². The Hall–Kier alpha value is -2.43. The van der Waals surface area contributed by atoms with E-state index in [0.717, 1.165) is 31.4 Å². The quantitative estimate of drug-likeness (QED) is 0.807. The SMILES string of the molecule is COc1ccc(C(=O)N(Cc2ccco2)C2CCCC2)c(OC)c1. The van der Waals surface area contributed by atoms with Gasteiger partial charge in [0.2, 0.25) is 0 Å². The highest BCUT2D eigenvalue weighted by Crippen LogP contribution is 2.30. The Bertz CT molecular complexity index is 675. The number of benzene rings is 1. The normalized spacial score (nSPS) is 14.6. The van der Waals surface area contributed by atoms with Crippen LogP contribution in [-0.2, 0) is 6.54 Å². The van der Waals surface area contributed by atoms with E-state index in [1.807, 2.05) is 17.0 Å². The Morgan fingerprint density at radius 1 is 1.21 bits per heavy atom. The molecule has 0 saturated heterocycles. The van der Waals surface area contributed by atoms with Crippen molar-refractivity contribution in [3.8, 4) is 11.5 Å². The van der Waals surface area contributed by atoms with Crippen molar-refractivity contribution in [3.05, 3.63) is 47.9 Å². The van der Waals surface area contributed by atoms with E-state index in [2.05, 4.69) is 0 Å². The molecular formula is C19H23NO4. The van der Waals surface area contributed by atoms with Crippen molar-refractivity contribution in [3.63, 3.8) is 0 Å². The monoisotopic (exact) mass is 329 g/mol. The third kappa shape index (κ3) is 3.40. The lowest BCUT2D eigenvalue weighted by molar-refractivity contribution is 0.0645. The van der Waals surface area contributed by atoms with E-state index in [1.165, 1.54) is 0 Å². The molecule has 0 atom stereocenters. The maximum Gasteiger partial charge on any atom is 0.258 e. The third-order valence-electron chi connectivity index (χ3n) is 4.57. The molecule has 1 saturated carbocycles. The fourth-order valence-corrected chi connectivity index (χ4v) is 3.28. The van der Waals surface area contributed by atoms with Gasteiger partial charge < -0.3 is 18.8 Å². The van der Waals surface area contributed by atoms with Crippen LogP contribution in [0.25, 0.3) is 0 Å². The maximum atomic E-state index is 13.2. The molecule has 0 radical (unpaired) electrons. The highest BCUT2D eigenvalue weighted by molar-refractivity contribution is 5.97. The van der Waals surface area contributed by atoms with Crippen LogP contribution in [0, 0.1) is 0 Å². The Kier molecular flexibility index (Phi) is 5.08. The minimum atomic E-state index is -0.0298. The molecule has 2 aromatic rings. The van der Waals surface area contributed by atoms with E-state index in [1.54, 1.807) is 38.7 Å². The van der Waals surface area contributed by atoms with Crippen molar-refractivity contribution >= 4 is 5.91 Å². The van der Waals surface area contributed by atoms with Gasteiger partial charge in [-0.05, 0) is 37.1 Å². The van der Waals surface area contributed by atoms with Gasteiger partial charge >= 0.3 is 0 Å². The minimum Gasteiger partial charge on any atom is -0.497 e. The molecule has 0 aliphatic heterocycles. The fourth-order valence-electron chi connectivity index (χ4n) is 3.28. The average molecular weight is 329 g/mol. The fraction of sp³-hybridized carbons (Fsp3) is 0.421. The van der Waals surface area contributed by atoms with Crippen LogP contribution < -0.4 is 9.47 Å². The van der Waals surface area contributed by atoms with Crippen LogP contribution >= 0.6 is 0 Å². The zero-order valence-electron chi connectivity index (χ0n) is 14.2. The molecule has 1 heterocycles. The van der Waals surface area contributed by atoms with Gasteiger partial charge in [0.1, 0.15) is 17.3 Å². The Morgan fingerprint density at radius 2 is 2.00 bits per heavy atom. The largest absolute Gasteiger partial charge is 0.497 e. The van der Waals surface area contributed by atoms with Crippen LogP contribution in [0.5, 0.6) is 11.5 Å². The molecule has 0 unspecified atom stereocenters. The van der Waals surface area contributed by atoms with E-state index in [-0.39, 0.29) is 11.9 Å². The number of carbonyl (C=O) groups is 1. The summed E-state index contributed by atoms with van der Waals surface area (Å²) in [5, 5.41) is 0. The van der Waals surface area contributed by atoms with Gasteiger partial charge in [-0.2, -0.15) is 0 Å². The van der Waals surface area contributed by atoms with Crippen LogP contribution in [0.1, 0.15) is 41.8 Å². The van der Waals surface area contributed by atoms with E-state index < -0.39 is 0 Å². The lowest BCUT2D eigenvalue weighted by Crippen LogP contribution is -2.38. The van der Waals surface area contributed by atoms with E-state index in [0.29, 0.717) is 23.6 Å². The van der Waals surface area contributed by atoms with Crippen LogP contribution in [0.15, 0.2) is 41.0 Å². The summed E-state index contributed by atoms with van der Waals surface area (Å²) in [4.78, 5) is 15.1. The molecule has 24 heavy (non-hydrogen) atoms. The first-order chi connectivity index (χ1) is 11.7. The molecule has 1 aromatic carbocycles. The number of amides is 1. The number of methoxy groups -OCH3 is 2. The average Bonchev–Trinajstić information content (AvgIpc) is 3.32. The summed E-state index contributed by atoms with van der Waals surface area (Å²) in [6.45, 7) is 0.478. The minimum absolute atomic E-state index is 0.0298. The Morgan fingerprint density at radius 3 is 2.62 bits per heavy atom. The second kappa shape index (κ2) is 7.43. The molecule has 3 rings (SSSR count). The highest BCUT2D eigenvalue weighted by atomic mass is 16.5. The lowest BCUT2D eigenvalue weighted by Gasteiger charge is -2.29. The number of carbonyl (C=O) groups excluding carboxylic acids is 1. The zero-order chi connectivity index (χ0) is 16.9. The number of rotatable bonds is 6. The van der Waals surface area contributed by atoms with Crippen molar-refractivity contribution < 1.29 is 18.7 Å². The summed E-state index contributed by atoms with van der Waals surface area (Å²) in [6.07, 6.45) is 6.02. The van der Waals surface area contributed by atoms with E-state index in [4.69, 9.17) is 13.9 Å². The summed E-state index contributed by atoms with van der Waals surface area (Å²) in [7, 11) is 3.16. The van der Waals surface area contributed by atoms with Crippen molar-refractivity contribution in [1.29, 1.82) is 0 Å². The van der Waals surface area contributed by atoms with Gasteiger partial charge in [-0.15, -0.1) is 0 Å². The van der Waals surface area contributed by atoms with Crippen LogP contribution in [0.4, 0.5) is 0 Å². The smallest absolute Gasteiger partial charge is 0.258 e. The summed E-state index contributed by atoms with van der Waals surface area (Å²) >= 11 is 0. The number of furan rings is 1. The lowest BCUT2D eigenvalue weighted by atomic mass is 10.1. The molecule has 1 amide bonds. The maximum absolute atomic E-state index is 13.2. The van der Waals surface area contributed by atoms with Gasteiger partial charge in [-0.1, -0.05) is 12.8 Å². The molecule has 1 aliphatic rings. The first-order valence-electron chi connectivity index (χ1n) is 8.28. The number of nitrogens with zero attached hydrogens (tertiary/aromatic N) is 1. The molecule has 1 fully saturated rings. The van der Waals surface area contributed by atoms with Gasteiger partial charge in [0, 0.05) is 12.1 Å². The molecule has 128 valence electrons. The molecule has 0 bridgehead atoms. The van der Waals surface area contributed by atoms with Crippen molar-refractivity contribution in [1.82, 2.24) is 4.90 Å². The van der Waals surface area contributed by atoms with Crippen LogP contribution in [0.3, 0.4) is 0 Å². The molecule has 0 spiro atoms. The zero-order valence-corrected chi connectivity index (χ0v) is 14.2. The Labute approximate surface area is 142 Å². The van der Waals surface area contributed by atoms with Gasteiger partial charge in [0.25, 0.3) is 5.91 Å². The first-order valence-corrected chi connectivity index (χ1v) is 8.28. The second-order valence-corrected chi connectivity index (χ2v) is 6.02. The predicted molar refractivity (Wildman–Crippen MR) is 90.4 cm³/mol. The Balaban J connectivity index is 1.90. The summed E-state index contributed by atoms with van der Waals surface area (Å²) < 4.78 is 16.1. The molecular weight excluding hydrogens is 306 g/mol. The number of hydrogen-bond donors (Lipinski definition) is 0. The number of hydrogen-bond acceptors (Lipinski definition) is 4. The van der Waals surface area contributed by atoms with Gasteiger partial charge in [0.15, 0.2) is 0 Å². The van der Waals surface area contributed by atoms with E-state index >= 15 is 0 Å². The van der Waals surface area contributed by atoms with Crippen molar-refractivity contribution in [2.24, 2.45) is 0 Å². The molecule has 1 aromatic heterocycles. The number of ether oxygens (including phenoxy) is 2. The highest BCUT2D eigenvalue weighted by Gasteiger charge is 2.29. The van der Waals surface area contributed by atoms with E-state index in [9.17, 15) is 4.79 Å². The topological polar surface area (TPSA) is 51.9 Å². The van der Waals surface area contributed by atoms with Gasteiger partial charge in [-0.25, -0.2) is 0 Å². The molecule has 0 N–H and O–H groups in total. The van der Waals surface area contributed by atoms with Gasteiger partial charge in [-0.3, -0.25) is 4.79 Å². The molecule has 1 aliphatic carbocycles. The van der Waals surface area contributed by atoms with Gasteiger partial charge in [0.05, 0.1) is 32.6 Å². The van der Waals surface area contributed by atoms with Crippen molar-refractivity contribution in [2.75, 3.05) is 14.2 Å². The third-order valence-corrected chi connectivity index (χ3v) is 4.57. The second-order valence-electron chi connectivity index (χ2n) is 6.02. The van der Waals surface area contributed by atoms with Crippen molar-refractivity contribution in [2.45, 2.75) is 38.3 Å². The molecule has 5 heteroatoms. The first kappa shape index (κ1) is 16.4. The summed E-state index contributed by atoms with van der Waals surface area (Å²) in [5.74, 6) is 1.96. The standard InChI is InChI=1S/C19H23NO4/c1-22-15-9-10-17(18(12-15)23-2)19(21)20(14-6-3-4-7-14)13-16-8-5-11-24-16/h5,8-12,14H,3-4,6-7,13H2,1-2H3.